The van der Waals surface area contributed by atoms with Gasteiger partial charge in [0.25, 0.3) is 0 Å². The SMILES string of the molecule is COC(=O)[C@@H](NS(=O)(=O)c1ccc2c(c1)oc1cc(C#N)ccc12)C(C)C. The van der Waals surface area contributed by atoms with Crippen LogP contribution < -0.4 is 4.72 Å². The summed E-state index contributed by atoms with van der Waals surface area (Å²) >= 11 is 0. The first kappa shape index (κ1) is 18.9. The molecule has 0 saturated carbocycles. The molecule has 1 N–H and O–H groups in total. The van der Waals surface area contributed by atoms with E-state index in [9.17, 15) is 13.2 Å². The molecule has 0 unspecified atom stereocenters. The molecule has 0 fully saturated rings. The number of hydrogen-bond donors (Lipinski definition) is 1. The van der Waals surface area contributed by atoms with Crippen molar-refractivity contribution >= 4 is 37.9 Å². The fourth-order valence-electron chi connectivity index (χ4n) is 2.81. The first-order valence-electron chi connectivity index (χ1n) is 8.23. The minimum Gasteiger partial charge on any atom is -0.468 e. The molecule has 0 aliphatic heterocycles. The summed E-state index contributed by atoms with van der Waals surface area (Å²) in [6, 6.07) is 10.6. The first-order valence-corrected chi connectivity index (χ1v) is 9.71. The number of rotatable bonds is 5. The third kappa shape index (κ3) is 3.52. The monoisotopic (exact) mass is 386 g/mol. The minimum absolute atomic E-state index is 0.0240. The second kappa shape index (κ2) is 7.02. The number of fused-ring (bicyclic) bond motifs is 3. The average Bonchev–Trinajstić information content (AvgIpc) is 3.01. The van der Waals surface area contributed by atoms with E-state index in [1.807, 2.05) is 6.07 Å². The number of carbonyl (C=O) groups is 1. The van der Waals surface area contributed by atoms with Crippen LogP contribution in [0.15, 0.2) is 45.7 Å². The molecule has 0 aliphatic carbocycles. The van der Waals surface area contributed by atoms with Gasteiger partial charge < -0.3 is 9.15 Å². The van der Waals surface area contributed by atoms with Gasteiger partial charge in [0.15, 0.2) is 0 Å². The lowest BCUT2D eigenvalue weighted by molar-refractivity contribution is -0.143. The molecule has 7 nitrogen and oxygen atoms in total. The van der Waals surface area contributed by atoms with Crippen molar-refractivity contribution in [2.45, 2.75) is 24.8 Å². The fraction of sp³-hybridized carbons (Fsp3) is 0.263. The zero-order valence-corrected chi connectivity index (χ0v) is 15.8. The van der Waals surface area contributed by atoms with E-state index in [1.54, 1.807) is 38.1 Å². The number of furan rings is 1. The van der Waals surface area contributed by atoms with Crippen LogP contribution in [0.2, 0.25) is 0 Å². The van der Waals surface area contributed by atoms with Crippen LogP contribution in [-0.4, -0.2) is 27.5 Å². The summed E-state index contributed by atoms with van der Waals surface area (Å²) in [5, 5.41) is 10.5. The van der Waals surface area contributed by atoms with E-state index in [-0.39, 0.29) is 10.8 Å². The maximum absolute atomic E-state index is 12.7. The summed E-state index contributed by atoms with van der Waals surface area (Å²) in [4.78, 5) is 11.8. The Bertz CT molecular complexity index is 1170. The lowest BCUT2D eigenvalue weighted by Gasteiger charge is -2.19. The number of hydrogen-bond acceptors (Lipinski definition) is 6. The van der Waals surface area contributed by atoms with Crippen molar-refractivity contribution < 1.29 is 22.4 Å². The van der Waals surface area contributed by atoms with Crippen molar-refractivity contribution in [3.05, 3.63) is 42.0 Å². The molecule has 27 heavy (non-hydrogen) atoms. The number of nitriles is 1. The van der Waals surface area contributed by atoms with E-state index in [0.717, 1.165) is 10.8 Å². The fourth-order valence-corrected chi connectivity index (χ4v) is 4.16. The lowest BCUT2D eigenvalue weighted by atomic mass is 10.1. The van der Waals surface area contributed by atoms with Crippen LogP contribution >= 0.6 is 0 Å². The Kier molecular flexibility index (Phi) is 4.91. The van der Waals surface area contributed by atoms with Gasteiger partial charge in [0, 0.05) is 16.8 Å². The summed E-state index contributed by atoms with van der Waals surface area (Å²) in [5.74, 6) is -0.936. The van der Waals surface area contributed by atoms with Crippen molar-refractivity contribution in [1.82, 2.24) is 4.72 Å². The van der Waals surface area contributed by atoms with E-state index < -0.39 is 22.0 Å². The number of ether oxygens (including phenoxy) is 1. The van der Waals surface area contributed by atoms with Crippen LogP contribution in [0, 0.1) is 17.2 Å². The standard InChI is InChI=1S/C19H18N2O5S/c1-11(2)18(19(22)25-3)21-27(23,24)13-5-7-15-14-6-4-12(10-20)8-16(14)26-17(15)9-13/h4-9,11,18,21H,1-3H3/t18-/m0/s1. The highest BCUT2D eigenvalue weighted by Crippen LogP contribution is 2.31. The molecule has 140 valence electrons. The average molecular weight is 386 g/mol. The molecule has 3 aromatic rings. The Labute approximate surface area is 156 Å². The Balaban J connectivity index is 2.04. The quantitative estimate of drug-likeness (QED) is 0.675. The third-order valence-electron chi connectivity index (χ3n) is 4.29. The van der Waals surface area contributed by atoms with Gasteiger partial charge in [-0.2, -0.15) is 9.98 Å². The molecule has 0 bridgehead atoms. The van der Waals surface area contributed by atoms with Crippen LogP contribution in [-0.2, 0) is 19.6 Å². The van der Waals surface area contributed by atoms with E-state index in [4.69, 9.17) is 9.68 Å². The van der Waals surface area contributed by atoms with Crippen LogP contribution in [0.4, 0.5) is 0 Å². The summed E-state index contributed by atoms with van der Waals surface area (Å²) in [6.45, 7) is 3.44. The van der Waals surface area contributed by atoms with Crippen molar-refractivity contribution in [1.29, 1.82) is 5.26 Å². The molecular weight excluding hydrogens is 368 g/mol. The highest BCUT2D eigenvalue weighted by Gasteiger charge is 2.29. The van der Waals surface area contributed by atoms with E-state index >= 15 is 0 Å². The summed E-state index contributed by atoms with van der Waals surface area (Å²) in [7, 11) is -2.75. The highest BCUT2D eigenvalue weighted by atomic mass is 32.2. The van der Waals surface area contributed by atoms with Crippen molar-refractivity contribution in [3.63, 3.8) is 0 Å². The second-order valence-electron chi connectivity index (χ2n) is 6.45. The Morgan fingerprint density at radius 3 is 2.37 bits per heavy atom. The van der Waals surface area contributed by atoms with E-state index in [1.165, 1.54) is 19.2 Å². The molecule has 3 rings (SSSR count). The lowest BCUT2D eigenvalue weighted by Crippen LogP contribution is -2.44. The van der Waals surface area contributed by atoms with Gasteiger partial charge in [-0.3, -0.25) is 4.79 Å². The molecule has 8 heteroatoms. The zero-order valence-electron chi connectivity index (χ0n) is 15.0. The predicted molar refractivity (Wildman–Crippen MR) is 99.4 cm³/mol. The molecule has 0 spiro atoms. The summed E-state index contributed by atoms with van der Waals surface area (Å²) in [5.41, 5.74) is 1.33. The molecule has 0 aliphatic rings. The van der Waals surface area contributed by atoms with Crippen molar-refractivity contribution in [2.24, 2.45) is 5.92 Å². The van der Waals surface area contributed by atoms with Crippen LogP contribution in [0.25, 0.3) is 21.9 Å². The normalized spacial score (nSPS) is 13.0. The number of nitrogens with one attached hydrogen (secondary N) is 1. The van der Waals surface area contributed by atoms with E-state index in [2.05, 4.69) is 9.46 Å². The van der Waals surface area contributed by atoms with Gasteiger partial charge >= 0.3 is 5.97 Å². The second-order valence-corrected chi connectivity index (χ2v) is 8.16. The van der Waals surface area contributed by atoms with Gasteiger partial charge in [-0.25, -0.2) is 8.42 Å². The summed E-state index contributed by atoms with van der Waals surface area (Å²) < 4.78 is 38.2. The Hall–Kier alpha value is -2.89. The van der Waals surface area contributed by atoms with Crippen molar-refractivity contribution in [2.75, 3.05) is 7.11 Å². The van der Waals surface area contributed by atoms with E-state index in [0.29, 0.717) is 16.7 Å². The molecule has 0 radical (unpaired) electrons. The van der Waals surface area contributed by atoms with Gasteiger partial charge in [0.2, 0.25) is 10.0 Å². The molecule has 1 heterocycles. The summed E-state index contributed by atoms with van der Waals surface area (Å²) in [6.07, 6.45) is 0. The molecule has 0 amide bonds. The van der Waals surface area contributed by atoms with Gasteiger partial charge in [-0.15, -0.1) is 0 Å². The topological polar surface area (TPSA) is 109 Å². The van der Waals surface area contributed by atoms with Gasteiger partial charge in [0.1, 0.15) is 17.2 Å². The maximum Gasteiger partial charge on any atom is 0.324 e. The number of carbonyl (C=O) groups excluding carboxylic acids is 1. The largest absolute Gasteiger partial charge is 0.468 e. The zero-order chi connectivity index (χ0) is 19.8. The molecular formula is C19H18N2O5S. The maximum atomic E-state index is 12.7. The first-order chi connectivity index (χ1) is 12.8. The molecule has 1 atom stereocenters. The number of methoxy groups -OCH3 is 1. The molecule has 0 saturated heterocycles. The Morgan fingerprint density at radius 2 is 1.78 bits per heavy atom. The number of benzene rings is 2. The molecule has 1 aromatic heterocycles. The number of esters is 1. The smallest absolute Gasteiger partial charge is 0.324 e. The van der Waals surface area contributed by atoms with Gasteiger partial charge in [-0.1, -0.05) is 13.8 Å². The third-order valence-corrected chi connectivity index (χ3v) is 5.73. The van der Waals surface area contributed by atoms with Gasteiger partial charge in [0.05, 0.1) is 23.6 Å². The molecule has 2 aromatic carbocycles. The Morgan fingerprint density at radius 1 is 1.15 bits per heavy atom. The number of sulfonamides is 1. The van der Waals surface area contributed by atoms with Gasteiger partial charge in [-0.05, 0) is 36.2 Å². The van der Waals surface area contributed by atoms with Crippen LogP contribution in [0.1, 0.15) is 19.4 Å². The van der Waals surface area contributed by atoms with Crippen LogP contribution in [0.3, 0.4) is 0 Å². The highest BCUT2D eigenvalue weighted by molar-refractivity contribution is 7.89. The van der Waals surface area contributed by atoms with Crippen LogP contribution in [0.5, 0.6) is 0 Å². The predicted octanol–water partition coefficient (Wildman–Crippen LogP) is 2.93. The minimum atomic E-state index is -3.96. The van der Waals surface area contributed by atoms with Crippen molar-refractivity contribution in [3.8, 4) is 6.07 Å². The number of nitrogens with zero attached hydrogens (tertiary/aromatic N) is 1.